The van der Waals surface area contributed by atoms with Crippen LogP contribution in [-0.2, 0) is 10.5 Å². The van der Waals surface area contributed by atoms with Crippen LogP contribution in [0.1, 0.15) is 19.0 Å². The minimum Gasteiger partial charge on any atom is -0.481 e. The minimum atomic E-state index is -0.599. The summed E-state index contributed by atoms with van der Waals surface area (Å²) in [6.07, 6.45) is 1.65. The third kappa shape index (κ3) is 5.18. The molecule has 4 rings (SSSR count). The molecule has 1 amide bonds. The molecule has 2 heterocycles. The van der Waals surface area contributed by atoms with E-state index in [1.807, 2.05) is 67.6 Å². The maximum atomic E-state index is 12.9. The van der Waals surface area contributed by atoms with Gasteiger partial charge in [0, 0.05) is 22.9 Å². The van der Waals surface area contributed by atoms with Crippen LogP contribution < -0.4 is 15.6 Å². The Bertz CT molecular complexity index is 1270. The van der Waals surface area contributed by atoms with Crippen molar-refractivity contribution in [3.05, 3.63) is 101 Å². The van der Waals surface area contributed by atoms with Crippen molar-refractivity contribution in [2.45, 2.75) is 30.1 Å². The molecule has 0 unspecified atom stereocenters. The molecule has 1 N–H and O–H groups in total. The van der Waals surface area contributed by atoms with Gasteiger partial charge in [-0.25, -0.2) is 4.98 Å². The zero-order chi connectivity index (χ0) is 22.3. The van der Waals surface area contributed by atoms with Gasteiger partial charge >= 0.3 is 0 Å². The largest absolute Gasteiger partial charge is 0.481 e. The molecule has 1 atom stereocenters. The highest BCUT2D eigenvalue weighted by molar-refractivity contribution is 7.98. The number of carbonyl (C=O) groups is 1. The van der Waals surface area contributed by atoms with Crippen LogP contribution in [0.25, 0.3) is 5.65 Å². The van der Waals surface area contributed by atoms with Crippen molar-refractivity contribution in [2.75, 3.05) is 5.32 Å². The molecule has 32 heavy (non-hydrogen) atoms. The van der Waals surface area contributed by atoms with Gasteiger partial charge in [-0.05, 0) is 42.8 Å². The molecule has 0 saturated heterocycles. The van der Waals surface area contributed by atoms with Crippen LogP contribution in [-0.4, -0.2) is 21.4 Å². The van der Waals surface area contributed by atoms with E-state index in [2.05, 4.69) is 10.3 Å². The highest BCUT2D eigenvalue weighted by Crippen LogP contribution is 2.29. The lowest BCUT2D eigenvalue weighted by Crippen LogP contribution is -2.32. The summed E-state index contributed by atoms with van der Waals surface area (Å²) in [6.45, 7) is 1.91. The second-order valence-corrected chi connectivity index (χ2v) is 8.13. The van der Waals surface area contributed by atoms with Crippen molar-refractivity contribution >= 4 is 29.0 Å². The molecule has 7 heteroatoms. The van der Waals surface area contributed by atoms with E-state index in [0.29, 0.717) is 35.0 Å². The number of pyridine rings is 1. The Kier molecular flexibility index (Phi) is 6.87. The summed E-state index contributed by atoms with van der Waals surface area (Å²) < 4.78 is 7.37. The molecule has 0 spiro atoms. The molecule has 0 fully saturated rings. The van der Waals surface area contributed by atoms with Crippen molar-refractivity contribution in [1.29, 1.82) is 0 Å². The average Bonchev–Trinajstić information content (AvgIpc) is 2.82. The monoisotopic (exact) mass is 445 g/mol. The summed E-state index contributed by atoms with van der Waals surface area (Å²) in [5.74, 6) is 0.961. The number of para-hydroxylation sites is 2. The van der Waals surface area contributed by atoms with Crippen LogP contribution in [0.3, 0.4) is 0 Å². The summed E-state index contributed by atoms with van der Waals surface area (Å²) in [4.78, 5) is 30.6. The quantitative estimate of drug-likeness (QED) is 0.395. The Balaban J connectivity index is 1.47. The predicted molar refractivity (Wildman–Crippen MR) is 127 cm³/mol. The average molecular weight is 446 g/mol. The van der Waals surface area contributed by atoms with Gasteiger partial charge in [-0.3, -0.25) is 14.0 Å². The molecule has 2 aromatic heterocycles. The van der Waals surface area contributed by atoms with Gasteiger partial charge in [-0.1, -0.05) is 43.3 Å². The van der Waals surface area contributed by atoms with Crippen LogP contribution >= 0.6 is 11.8 Å². The summed E-state index contributed by atoms with van der Waals surface area (Å²) in [5.41, 5.74) is 1.89. The number of ether oxygens (including phenoxy) is 1. The zero-order valence-corrected chi connectivity index (χ0v) is 18.4. The lowest BCUT2D eigenvalue weighted by Gasteiger charge is -2.18. The van der Waals surface area contributed by atoms with Gasteiger partial charge in [0.2, 0.25) is 0 Å². The molecule has 2 aromatic carbocycles. The van der Waals surface area contributed by atoms with E-state index >= 15 is 0 Å². The molecular weight excluding hydrogens is 422 g/mol. The van der Waals surface area contributed by atoms with Crippen LogP contribution in [0, 0.1) is 0 Å². The van der Waals surface area contributed by atoms with E-state index in [1.165, 1.54) is 16.2 Å². The fourth-order valence-corrected chi connectivity index (χ4v) is 4.12. The fraction of sp³-hybridized carbons (Fsp3) is 0.160. The summed E-state index contributed by atoms with van der Waals surface area (Å²) in [6, 6.07) is 23.9. The summed E-state index contributed by atoms with van der Waals surface area (Å²) in [7, 11) is 0. The summed E-state index contributed by atoms with van der Waals surface area (Å²) >= 11 is 1.52. The van der Waals surface area contributed by atoms with E-state index in [1.54, 1.807) is 24.4 Å². The molecule has 0 saturated carbocycles. The van der Waals surface area contributed by atoms with Crippen LogP contribution in [0.5, 0.6) is 5.75 Å². The van der Waals surface area contributed by atoms with E-state index in [0.717, 1.165) is 4.90 Å². The van der Waals surface area contributed by atoms with Gasteiger partial charge in [0.25, 0.3) is 11.5 Å². The maximum Gasteiger partial charge on any atom is 0.265 e. The molecule has 6 nitrogen and oxygen atoms in total. The number of benzene rings is 2. The second-order valence-electron chi connectivity index (χ2n) is 7.12. The number of amides is 1. The van der Waals surface area contributed by atoms with Gasteiger partial charge < -0.3 is 10.1 Å². The zero-order valence-electron chi connectivity index (χ0n) is 17.6. The molecule has 0 aliphatic heterocycles. The maximum absolute atomic E-state index is 12.9. The van der Waals surface area contributed by atoms with Crippen molar-refractivity contribution in [1.82, 2.24) is 9.38 Å². The van der Waals surface area contributed by atoms with Gasteiger partial charge in [-0.15, -0.1) is 11.8 Å². The van der Waals surface area contributed by atoms with E-state index in [-0.39, 0.29) is 11.5 Å². The number of nitrogens with one attached hydrogen (secondary N) is 1. The van der Waals surface area contributed by atoms with E-state index in [9.17, 15) is 9.59 Å². The van der Waals surface area contributed by atoms with E-state index < -0.39 is 6.10 Å². The number of rotatable bonds is 8. The highest BCUT2D eigenvalue weighted by Gasteiger charge is 2.19. The van der Waals surface area contributed by atoms with Crippen LogP contribution in [0.2, 0.25) is 0 Å². The van der Waals surface area contributed by atoms with Gasteiger partial charge in [0.1, 0.15) is 11.4 Å². The van der Waals surface area contributed by atoms with E-state index in [4.69, 9.17) is 4.74 Å². The molecule has 162 valence electrons. The lowest BCUT2D eigenvalue weighted by molar-refractivity contribution is -0.122. The third-order valence-electron chi connectivity index (χ3n) is 4.83. The molecule has 4 aromatic rings. The molecule has 0 aliphatic carbocycles. The smallest absolute Gasteiger partial charge is 0.265 e. The number of fused-ring (bicyclic) bond motifs is 1. The van der Waals surface area contributed by atoms with Crippen molar-refractivity contribution in [3.8, 4) is 5.75 Å². The number of aromatic nitrogens is 2. The van der Waals surface area contributed by atoms with Gasteiger partial charge in [0.05, 0.1) is 11.4 Å². The Morgan fingerprint density at radius 2 is 1.81 bits per heavy atom. The first-order valence-corrected chi connectivity index (χ1v) is 11.3. The minimum absolute atomic E-state index is 0.114. The lowest BCUT2D eigenvalue weighted by atomic mass is 10.2. The molecule has 0 radical (unpaired) electrons. The van der Waals surface area contributed by atoms with Crippen LogP contribution in [0.15, 0.2) is 94.7 Å². The normalized spacial score (nSPS) is 11.8. The second kappa shape index (κ2) is 10.2. The number of carbonyl (C=O) groups excluding carboxylic acids is 1. The topological polar surface area (TPSA) is 72.7 Å². The molecule has 0 bridgehead atoms. The Labute approximate surface area is 190 Å². The first kappa shape index (κ1) is 21.6. The van der Waals surface area contributed by atoms with Crippen molar-refractivity contribution < 1.29 is 9.53 Å². The molecular formula is C25H23N3O3S. The predicted octanol–water partition coefficient (Wildman–Crippen LogP) is 4.78. The van der Waals surface area contributed by atoms with Gasteiger partial charge in [-0.2, -0.15) is 0 Å². The third-order valence-corrected chi connectivity index (χ3v) is 5.94. The first-order valence-electron chi connectivity index (χ1n) is 10.4. The standard InChI is InChI=1S/C25H23N3O3S/c1-2-21(31-19-10-4-3-5-11-19)25(30)27-20-12-6-7-13-22(20)32-17-18-16-24(29)28-15-9-8-14-23(28)26-18/h3-16,21H,2,17H2,1H3,(H,27,30)/t21-/m0/s1. The number of hydrogen-bond acceptors (Lipinski definition) is 5. The first-order chi connectivity index (χ1) is 15.6. The van der Waals surface area contributed by atoms with Crippen molar-refractivity contribution in [3.63, 3.8) is 0 Å². The summed E-state index contributed by atoms with van der Waals surface area (Å²) in [5, 5.41) is 2.99. The highest BCUT2D eigenvalue weighted by atomic mass is 32.2. The van der Waals surface area contributed by atoms with Crippen molar-refractivity contribution in [2.24, 2.45) is 0 Å². The fourth-order valence-electron chi connectivity index (χ4n) is 3.22. The Morgan fingerprint density at radius 3 is 2.62 bits per heavy atom. The molecule has 0 aliphatic rings. The van der Waals surface area contributed by atoms with Crippen LogP contribution in [0.4, 0.5) is 5.69 Å². The Morgan fingerprint density at radius 1 is 1.06 bits per heavy atom. The SMILES string of the molecule is CC[C@H](Oc1ccccc1)C(=O)Nc1ccccc1SCc1cc(=O)n2ccccc2n1. The number of anilines is 1. The number of thioether (sulfide) groups is 1. The number of hydrogen-bond donors (Lipinski definition) is 1. The number of nitrogens with zero attached hydrogens (tertiary/aromatic N) is 2. The Hall–Kier alpha value is -3.58. The van der Waals surface area contributed by atoms with Gasteiger partial charge in [0.15, 0.2) is 6.10 Å².